The van der Waals surface area contributed by atoms with Crippen LogP contribution in [0.25, 0.3) is 0 Å². The number of hydrogen-bond acceptors (Lipinski definition) is 5. The largest absolute Gasteiger partial charge is 0.464 e. The van der Waals surface area contributed by atoms with Gasteiger partial charge >= 0.3 is 12.1 Å². The summed E-state index contributed by atoms with van der Waals surface area (Å²) >= 11 is 0. The van der Waals surface area contributed by atoms with Gasteiger partial charge in [-0.2, -0.15) is 13.2 Å². The Hall–Kier alpha value is -1.67. The predicted molar refractivity (Wildman–Crippen MR) is 56.8 cm³/mol. The third kappa shape index (κ3) is 3.90. The molecular formula is C11H12F3NO4. The van der Waals surface area contributed by atoms with Crippen molar-refractivity contribution in [2.45, 2.75) is 25.3 Å². The van der Waals surface area contributed by atoms with Crippen LogP contribution in [0.15, 0.2) is 18.3 Å². The van der Waals surface area contributed by atoms with E-state index in [9.17, 15) is 28.2 Å². The van der Waals surface area contributed by atoms with Gasteiger partial charge in [0.25, 0.3) is 0 Å². The van der Waals surface area contributed by atoms with Crippen LogP contribution in [0.3, 0.4) is 0 Å². The number of alkyl halides is 3. The second-order valence-electron chi connectivity index (χ2n) is 3.61. The molecule has 1 aromatic rings. The summed E-state index contributed by atoms with van der Waals surface area (Å²) in [4.78, 5) is 14.3. The van der Waals surface area contributed by atoms with Gasteiger partial charge in [0.15, 0.2) is 6.10 Å². The minimum absolute atomic E-state index is 0.0211. The van der Waals surface area contributed by atoms with Crippen molar-refractivity contribution in [1.29, 1.82) is 0 Å². The van der Waals surface area contributed by atoms with Gasteiger partial charge in [0.1, 0.15) is 11.8 Å². The topological polar surface area (TPSA) is 79.7 Å². The molecule has 1 heterocycles. The summed E-state index contributed by atoms with van der Waals surface area (Å²) in [5.74, 6) is -1.11. The van der Waals surface area contributed by atoms with Gasteiger partial charge in [0.05, 0.1) is 6.61 Å². The number of ether oxygens (including phenoxy) is 1. The van der Waals surface area contributed by atoms with E-state index >= 15 is 0 Å². The van der Waals surface area contributed by atoms with Gasteiger partial charge in [-0.3, -0.25) is 4.98 Å². The van der Waals surface area contributed by atoms with Gasteiger partial charge < -0.3 is 14.9 Å². The van der Waals surface area contributed by atoms with Crippen molar-refractivity contribution in [2.75, 3.05) is 6.61 Å². The van der Waals surface area contributed by atoms with E-state index in [1.165, 1.54) is 6.92 Å². The van der Waals surface area contributed by atoms with Gasteiger partial charge in [0.2, 0.25) is 0 Å². The monoisotopic (exact) mass is 279 g/mol. The van der Waals surface area contributed by atoms with Gasteiger partial charge in [-0.05, 0) is 24.6 Å². The first-order valence-corrected chi connectivity index (χ1v) is 5.33. The first kappa shape index (κ1) is 15.4. The number of rotatable bonds is 4. The molecule has 0 aliphatic rings. The summed E-state index contributed by atoms with van der Waals surface area (Å²) in [6.07, 6.45) is -7.62. The molecule has 2 unspecified atom stereocenters. The van der Waals surface area contributed by atoms with Crippen LogP contribution in [0.5, 0.6) is 0 Å². The molecule has 0 saturated carbocycles. The molecule has 106 valence electrons. The van der Waals surface area contributed by atoms with E-state index in [0.717, 1.165) is 12.3 Å². The smallest absolute Gasteiger partial charge is 0.433 e. The van der Waals surface area contributed by atoms with Crippen molar-refractivity contribution in [3.05, 3.63) is 29.6 Å². The molecule has 1 aromatic heterocycles. The van der Waals surface area contributed by atoms with E-state index in [4.69, 9.17) is 0 Å². The highest BCUT2D eigenvalue weighted by atomic mass is 19.4. The molecule has 0 spiro atoms. The molecule has 1 rings (SSSR count). The normalized spacial score (nSPS) is 14.8. The number of esters is 1. The Kier molecular flexibility index (Phi) is 4.84. The third-order valence-electron chi connectivity index (χ3n) is 2.24. The average Bonchev–Trinajstić information content (AvgIpc) is 2.36. The minimum Gasteiger partial charge on any atom is -0.464 e. The van der Waals surface area contributed by atoms with Crippen LogP contribution in [-0.4, -0.2) is 33.9 Å². The summed E-state index contributed by atoms with van der Waals surface area (Å²) in [6.45, 7) is 1.47. The summed E-state index contributed by atoms with van der Waals surface area (Å²) in [7, 11) is 0. The summed E-state index contributed by atoms with van der Waals surface area (Å²) in [6, 6.07) is 1.63. The fourth-order valence-corrected chi connectivity index (χ4v) is 1.32. The maximum absolute atomic E-state index is 12.4. The van der Waals surface area contributed by atoms with E-state index in [1.54, 1.807) is 0 Å². The molecule has 0 aliphatic carbocycles. The van der Waals surface area contributed by atoms with Crippen LogP contribution in [-0.2, 0) is 15.7 Å². The highest BCUT2D eigenvalue weighted by molar-refractivity contribution is 5.75. The number of pyridine rings is 1. The summed E-state index contributed by atoms with van der Waals surface area (Å²) in [5.41, 5.74) is -1.50. The Bertz CT molecular complexity index is 450. The van der Waals surface area contributed by atoms with Crippen molar-refractivity contribution in [2.24, 2.45) is 0 Å². The second-order valence-corrected chi connectivity index (χ2v) is 3.61. The quantitative estimate of drug-likeness (QED) is 0.806. The van der Waals surface area contributed by atoms with Gasteiger partial charge in [0, 0.05) is 6.20 Å². The number of nitrogens with zero attached hydrogens (tertiary/aromatic N) is 1. The van der Waals surface area contributed by atoms with E-state index in [0.29, 0.717) is 6.07 Å². The van der Waals surface area contributed by atoms with Crippen molar-refractivity contribution in [3.8, 4) is 0 Å². The number of aliphatic hydroxyl groups excluding tert-OH is 2. The third-order valence-corrected chi connectivity index (χ3v) is 2.24. The zero-order valence-corrected chi connectivity index (χ0v) is 9.89. The molecule has 2 atom stereocenters. The molecule has 0 amide bonds. The standard InChI is InChI=1S/C11H12F3NO4/c1-2-19-10(18)9(17)8(16)6-3-4-15-7(5-6)11(12,13)14/h3-5,8-9,16-17H,2H2,1H3. The highest BCUT2D eigenvalue weighted by Crippen LogP contribution is 2.29. The number of halogens is 3. The molecule has 19 heavy (non-hydrogen) atoms. The van der Waals surface area contributed by atoms with Crippen LogP contribution in [0.2, 0.25) is 0 Å². The van der Waals surface area contributed by atoms with Crippen molar-refractivity contribution in [1.82, 2.24) is 4.98 Å². The molecule has 2 N–H and O–H groups in total. The highest BCUT2D eigenvalue weighted by Gasteiger charge is 2.34. The lowest BCUT2D eigenvalue weighted by Gasteiger charge is -2.17. The SMILES string of the molecule is CCOC(=O)C(O)C(O)c1ccnc(C(F)(F)F)c1. The molecule has 0 saturated heterocycles. The Morgan fingerprint density at radius 1 is 1.47 bits per heavy atom. The van der Waals surface area contributed by atoms with Crippen LogP contribution >= 0.6 is 0 Å². The van der Waals surface area contributed by atoms with E-state index in [1.807, 2.05) is 0 Å². The number of carbonyl (C=O) groups excluding carboxylic acids is 1. The number of aliphatic hydroxyl groups is 2. The maximum atomic E-state index is 12.4. The maximum Gasteiger partial charge on any atom is 0.433 e. The predicted octanol–water partition coefficient (Wildman–Crippen LogP) is 1.06. The molecule has 5 nitrogen and oxygen atoms in total. The first-order valence-electron chi connectivity index (χ1n) is 5.33. The lowest BCUT2D eigenvalue weighted by atomic mass is 10.0. The van der Waals surface area contributed by atoms with Gasteiger partial charge in [-0.15, -0.1) is 0 Å². The van der Waals surface area contributed by atoms with Crippen LogP contribution in [0.4, 0.5) is 13.2 Å². The molecule has 0 radical (unpaired) electrons. The molecule has 0 aliphatic heterocycles. The molecule has 0 fully saturated rings. The summed E-state index contributed by atoms with van der Waals surface area (Å²) in [5, 5.41) is 19.1. The zero-order chi connectivity index (χ0) is 14.6. The minimum atomic E-state index is -4.68. The van der Waals surface area contributed by atoms with Gasteiger partial charge in [-0.1, -0.05) is 0 Å². The molecule has 0 aromatic carbocycles. The van der Waals surface area contributed by atoms with Crippen molar-refractivity contribution < 1.29 is 32.9 Å². The van der Waals surface area contributed by atoms with Gasteiger partial charge in [-0.25, -0.2) is 4.79 Å². The van der Waals surface area contributed by atoms with Crippen molar-refractivity contribution >= 4 is 5.97 Å². The van der Waals surface area contributed by atoms with Crippen LogP contribution in [0.1, 0.15) is 24.3 Å². The van der Waals surface area contributed by atoms with E-state index in [-0.39, 0.29) is 12.2 Å². The molecule has 0 bridgehead atoms. The van der Waals surface area contributed by atoms with Crippen LogP contribution in [0, 0.1) is 0 Å². The molecular weight excluding hydrogens is 267 g/mol. The Labute approximate surface area is 106 Å². The number of hydrogen-bond donors (Lipinski definition) is 2. The second kappa shape index (κ2) is 5.98. The average molecular weight is 279 g/mol. The van der Waals surface area contributed by atoms with E-state index in [2.05, 4.69) is 9.72 Å². The van der Waals surface area contributed by atoms with Crippen molar-refractivity contribution in [3.63, 3.8) is 0 Å². The molecule has 8 heteroatoms. The lowest BCUT2D eigenvalue weighted by Crippen LogP contribution is -2.30. The summed E-state index contributed by atoms with van der Waals surface area (Å²) < 4.78 is 41.7. The van der Waals surface area contributed by atoms with E-state index < -0.39 is 30.0 Å². The lowest BCUT2D eigenvalue weighted by molar-refractivity contribution is -0.159. The van der Waals surface area contributed by atoms with Crippen LogP contribution < -0.4 is 0 Å². The fraction of sp³-hybridized carbons (Fsp3) is 0.455. The number of carbonyl (C=O) groups is 1. The number of aromatic nitrogens is 1. The Morgan fingerprint density at radius 2 is 2.11 bits per heavy atom. The first-order chi connectivity index (χ1) is 8.77. The zero-order valence-electron chi connectivity index (χ0n) is 9.89. The fourth-order valence-electron chi connectivity index (χ4n) is 1.32. The Morgan fingerprint density at radius 3 is 2.63 bits per heavy atom. The Balaban J connectivity index is 2.94.